The van der Waals surface area contributed by atoms with Gasteiger partial charge >= 0.3 is 12.6 Å². The molecule has 0 radical (unpaired) electrons. The summed E-state index contributed by atoms with van der Waals surface area (Å²) >= 11 is 5.81. The number of nitrogens with zero attached hydrogens (tertiary/aromatic N) is 1. The van der Waals surface area contributed by atoms with Gasteiger partial charge in [-0.05, 0) is 12.1 Å². The van der Waals surface area contributed by atoms with Crippen molar-refractivity contribution < 1.29 is 37.1 Å². The van der Waals surface area contributed by atoms with Crippen molar-refractivity contribution in [2.75, 3.05) is 7.11 Å². The molecule has 0 fully saturated rings. The van der Waals surface area contributed by atoms with E-state index in [4.69, 9.17) is 21.1 Å². The summed E-state index contributed by atoms with van der Waals surface area (Å²) in [5, 5.41) is 11.2. The summed E-state index contributed by atoms with van der Waals surface area (Å²) in [4.78, 5) is 22.5. The van der Waals surface area contributed by atoms with Gasteiger partial charge < -0.3 is 14.2 Å². The monoisotopic (exact) mass is 405 g/mol. The molecule has 0 N–H and O–H groups in total. The van der Waals surface area contributed by atoms with Crippen molar-refractivity contribution in [3.05, 3.63) is 62.4 Å². The quantitative estimate of drug-likeness (QED) is 0.386. The average molecular weight is 406 g/mol. The first kappa shape index (κ1) is 20.3. The third-order valence-corrected chi connectivity index (χ3v) is 3.64. The molecular weight excluding hydrogens is 395 g/mol. The minimum absolute atomic E-state index is 0.00411. The largest absolute Gasteiger partial charge is 0.493 e. The average Bonchev–Trinajstić information content (AvgIpc) is 2.59. The molecule has 2 aromatic carbocycles. The second-order valence-corrected chi connectivity index (χ2v) is 5.37. The number of esters is 1. The van der Waals surface area contributed by atoms with Gasteiger partial charge in [0.25, 0.3) is 5.69 Å². The van der Waals surface area contributed by atoms with Gasteiger partial charge in [-0.25, -0.2) is 9.18 Å². The minimum atomic E-state index is -3.25. The maximum Gasteiger partial charge on any atom is 0.387 e. The molecule has 0 aliphatic carbocycles. The number of carbonyl (C=O) groups is 1. The van der Waals surface area contributed by atoms with E-state index in [0.29, 0.717) is 6.07 Å². The van der Waals surface area contributed by atoms with Crippen LogP contribution in [-0.4, -0.2) is 24.6 Å². The Balaban J connectivity index is 2.31. The highest BCUT2D eigenvalue weighted by Crippen LogP contribution is 2.36. The summed E-state index contributed by atoms with van der Waals surface area (Å²) in [5.41, 5.74) is -1.10. The van der Waals surface area contributed by atoms with E-state index in [0.717, 1.165) is 25.3 Å². The Labute approximate surface area is 155 Å². The van der Waals surface area contributed by atoms with Crippen LogP contribution in [0.2, 0.25) is 5.02 Å². The lowest BCUT2D eigenvalue weighted by Gasteiger charge is -2.12. The topological polar surface area (TPSA) is 87.9 Å². The van der Waals surface area contributed by atoms with Crippen LogP contribution in [0.15, 0.2) is 30.3 Å². The van der Waals surface area contributed by atoms with Gasteiger partial charge in [-0.1, -0.05) is 17.7 Å². The van der Waals surface area contributed by atoms with Gasteiger partial charge in [0.1, 0.15) is 18.0 Å². The normalized spacial score (nSPS) is 10.6. The number of benzene rings is 2. The first-order valence-corrected chi connectivity index (χ1v) is 7.53. The minimum Gasteiger partial charge on any atom is -0.493 e. The summed E-state index contributed by atoms with van der Waals surface area (Å²) in [7, 11) is 1.10. The fourth-order valence-corrected chi connectivity index (χ4v) is 2.29. The van der Waals surface area contributed by atoms with Gasteiger partial charge in [0.05, 0.1) is 23.1 Å². The van der Waals surface area contributed by atoms with Crippen molar-refractivity contribution >= 4 is 23.3 Å². The number of alkyl halides is 2. The lowest BCUT2D eigenvalue weighted by Crippen LogP contribution is -2.11. The molecule has 144 valence electrons. The number of nitro benzene ring substituents is 1. The Kier molecular flexibility index (Phi) is 6.45. The van der Waals surface area contributed by atoms with Crippen LogP contribution in [0.5, 0.6) is 11.5 Å². The zero-order chi connectivity index (χ0) is 20.1. The standard InChI is InChI=1S/C16H11ClF3NO6/c1-25-13-5-10(12(21(23)24)6-14(13)27-16(19)20)15(22)26-7-8-2-3-9(18)4-11(8)17/h2-6,16H,7H2,1H3. The maximum atomic E-state index is 13.0. The Hall–Kier alpha value is -3.01. The van der Waals surface area contributed by atoms with E-state index in [-0.39, 0.29) is 16.3 Å². The predicted molar refractivity (Wildman–Crippen MR) is 86.8 cm³/mol. The summed E-state index contributed by atoms with van der Waals surface area (Å²) in [5.74, 6) is -2.67. The van der Waals surface area contributed by atoms with Crippen LogP contribution in [0, 0.1) is 15.9 Å². The van der Waals surface area contributed by atoms with Crippen LogP contribution in [0.4, 0.5) is 18.9 Å². The molecule has 7 nitrogen and oxygen atoms in total. The molecule has 0 heterocycles. The fraction of sp³-hybridized carbons (Fsp3) is 0.188. The van der Waals surface area contributed by atoms with Crippen molar-refractivity contribution in [2.45, 2.75) is 13.2 Å². The second-order valence-electron chi connectivity index (χ2n) is 4.97. The predicted octanol–water partition coefficient (Wildman–Crippen LogP) is 4.35. The molecule has 0 unspecified atom stereocenters. The number of nitro groups is 1. The molecule has 0 aliphatic heterocycles. The van der Waals surface area contributed by atoms with Crippen molar-refractivity contribution in [3.8, 4) is 11.5 Å². The van der Waals surface area contributed by atoms with Gasteiger partial charge in [-0.3, -0.25) is 10.1 Å². The Bertz CT molecular complexity index is 877. The summed E-state index contributed by atoms with van der Waals surface area (Å²) in [6, 6.07) is 4.86. The number of methoxy groups -OCH3 is 1. The van der Waals surface area contributed by atoms with E-state index in [1.54, 1.807) is 0 Å². The molecule has 27 heavy (non-hydrogen) atoms. The van der Waals surface area contributed by atoms with E-state index in [1.807, 2.05) is 0 Å². The summed E-state index contributed by atoms with van der Waals surface area (Å²) in [6.07, 6.45) is 0. The van der Waals surface area contributed by atoms with Crippen LogP contribution in [0.25, 0.3) is 0 Å². The first-order chi connectivity index (χ1) is 12.7. The number of hydrogen-bond acceptors (Lipinski definition) is 6. The van der Waals surface area contributed by atoms with Gasteiger partial charge in [-0.15, -0.1) is 0 Å². The molecular formula is C16H11ClF3NO6. The molecule has 11 heteroatoms. The second kappa shape index (κ2) is 8.58. The number of rotatable bonds is 7. The highest BCUT2D eigenvalue weighted by molar-refractivity contribution is 6.31. The van der Waals surface area contributed by atoms with Crippen LogP contribution < -0.4 is 9.47 Å². The van der Waals surface area contributed by atoms with E-state index in [2.05, 4.69) is 4.74 Å². The Morgan fingerprint density at radius 1 is 1.26 bits per heavy atom. The third kappa shape index (κ3) is 5.00. The number of halogens is 4. The van der Waals surface area contributed by atoms with Crippen molar-refractivity contribution in [1.82, 2.24) is 0 Å². The highest BCUT2D eigenvalue weighted by atomic mass is 35.5. The SMILES string of the molecule is COc1cc(C(=O)OCc2ccc(F)cc2Cl)c([N+](=O)[O-])cc1OC(F)F. The van der Waals surface area contributed by atoms with E-state index in [9.17, 15) is 28.1 Å². The zero-order valence-electron chi connectivity index (χ0n) is 13.6. The number of carbonyl (C=O) groups excluding carboxylic acids is 1. The first-order valence-electron chi connectivity index (χ1n) is 7.15. The van der Waals surface area contributed by atoms with Gasteiger partial charge in [0.15, 0.2) is 11.5 Å². The fourth-order valence-electron chi connectivity index (χ4n) is 2.07. The third-order valence-electron chi connectivity index (χ3n) is 3.29. The summed E-state index contributed by atoms with van der Waals surface area (Å²) in [6.45, 7) is -3.65. The van der Waals surface area contributed by atoms with Crippen LogP contribution in [0.3, 0.4) is 0 Å². The lowest BCUT2D eigenvalue weighted by molar-refractivity contribution is -0.385. The smallest absolute Gasteiger partial charge is 0.387 e. The van der Waals surface area contributed by atoms with Crippen molar-refractivity contribution in [3.63, 3.8) is 0 Å². The molecule has 2 rings (SSSR count). The van der Waals surface area contributed by atoms with Crippen LogP contribution in [-0.2, 0) is 11.3 Å². The van der Waals surface area contributed by atoms with E-state index >= 15 is 0 Å². The Morgan fingerprint density at radius 3 is 2.52 bits per heavy atom. The molecule has 0 spiro atoms. The molecule has 0 aliphatic rings. The molecule has 0 atom stereocenters. The maximum absolute atomic E-state index is 13.0. The summed E-state index contributed by atoms with van der Waals surface area (Å²) < 4.78 is 51.8. The molecule has 0 amide bonds. The van der Waals surface area contributed by atoms with Gasteiger partial charge in [-0.2, -0.15) is 8.78 Å². The van der Waals surface area contributed by atoms with Crippen molar-refractivity contribution in [2.24, 2.45) is 0 Å². The highest BCUT2D eigenvalue weighted by Gasteiger charge is 2.27. The number of hydrogen-bond donors (Lipinski definition) is 0. The van der Waals surface area contributed by atoms with Gasteiger partial charge in [0.2, 0.25) is 0 Å². The number of ether oxygens (including phenoxy) is 3. The van der Waals surface area contributed by atoms with Crippen molar-refractivity contribution in [1.29, 1.82) is 0 Å². The molecule has 0 saturated heterocycles. The zero-order valence-corrected chi connectivity index (χ0v) is 14.3. The van der Waals surface area contributed by atoms with E-state index < -0.39 is 46.9 Å². The molecule has 0 bridgehead atoms. The lowest BCUT2D eigenvalue weighted by atomic mass is 10.1. The molecule has 0 aromatic heterocycles. The van der Waals surface area contributed by atoms with Gasteiger partial charge in [0, 0.05) is 11.6 Å². The van der Waals surface area contributed by atoms with E-state index in [1.165, 1.54) is 6.07 Å². The Morgan fingerprint density at radius 2 is 1.96 bits per heavy atom. The van der Waals surface area contributed by atoms with Crippen LogP contribution in [0.1, 0.15) is 15.9 Å². The van der Waals surface area contributed by atoms with Crippen LogP contribution >= 0.6 is 11.6 Å². The molecule has 0 saturated carbocycles. The molecule has 2 aromatic rings.